The van der Waals surface area contributed by atoms with E-state index in [1.807, 2.05) is 0 Å². The smallest absolute Gasteiger partial charge is 0.337 e. The van der Waals surface area contributed by atoms with Crippen LogP contribution in [0.2, 0.25) is 0 Å². The number of carbonyl (C=O) groups excluding carboxylic acids is 2. The molecule has 5 heteroatoms. The summed E-state index contributed by atoms with van der Waals surface area (Å²) in [6.07, 6.45) is 0.409. The zero-order valence-corrected chi connectivity index (χ0v) is 12.5. The first-order valence-corrected chi connectivity index (χ1v) is 7.24. The average molecular weight is 364 g/mol. The molecular weight excluding hydrogens is 352 g/mol. The number of hydrogen-bond donors (Lipinski definition) is 0. The second-order valence-electron chi connectivity index (χ2n) is 3.41. The minimum absolute atomic E-state index is 0.00910. The van der Waals surface area contributed by atoms with Crippen LogP contribution in [0.5, 0.6) is 0 Å². The van der Waals surface area contributed by atoms with Crippen LogP contribution in [0.25, 0.3) is 0 Å². The molecular formula is C12H12Br2O3. The number of hydrogen-bond acceptors (Lipinski definition) is 3. The van der Waals surface area contributed by atoms with Crippen molar-refractivity contribution in [2.75, 3.05) is 12.4 Å². The summed E-state index contributed by atoms with van der Waals surface area (Å²) in [5.74, 6) is -0.421. The predicted octanol–water partition coefficient (Wildman–Crippen LogP) is 3.34. The largest absolute Gasteiger partial charge is 0.465 e. The second kappa shape index (κ2) is 6.91. The highest BCUT2D eigenvalue weighted by Crippen LogP contribution is 2.16. The van der Waals surface area contributed by atoms with Crippen LogP contribution >= 0.6 is 31.9 Å². The van der Waals surface area contributed by atoms with Crippen molar-refractivity contribution in [3.63, 3.8) is 0 Å². The van der Waals surface area contributed by atoms with Gasteiger partial charge in [0.05, 0.1) is 12.7 Å². The highest BCUT2D eigenvalue weighted by molar-refractivity contribution is 9.09. The minimum Gasteiger partial charge on any atom is -0.465 e. The van der Waals surface area contributed by atoms with Crippen LogP contribution in [0.3, 0.4) is 0 Å². The van der Waals surface area contributed by atoms with Gasteiger partial charge in [-0.25, -0.2) is 4.79 Å². The molecule has 0 aromatic heterocycles. The van der Waals surface area contributed by atoms with E-state index in [0.717, 1.165) is 5.56 Å². The first-order valence-electron chi connectivity index (χ1n) is 4.99. The summed E-state index contributed by atoms with van der Waals surface area (Å²) >= 11 is 6.53. The molecule has 0 fully saturated rings. The Labute approximate surface area is 117 Å². The van der Waals surface area contributed by atoms with Crippen molar-refractivity contribution in [2.45, 2.75) is 11.8 Å². The molecule has 0 atom stereocenters. The number of ether oxygens (including phenoxy) is 1. The zero-order valence-electron chi connectivity index (χ0n) is 9.33. The van der Waals surface area contributed by atoms with Gasteiger partial charge in [-0.1, -0.05) is 31.9 Å². The quantitative estimate of drug-likeness (QED) is 0.457. The monoisotopic (exact) mass is 362 g/mol. The van der Waals surface area contributed by atoms with Gasteiger partial charge in [-0.2, -0.15) is 0 Å². The Morgan fingerprint density at radius 1 is 1.18 bits per heavy atom. The maximum atomic E-state index is 11.8. The molecule has 0 aliphatic carbocycles. The van der Waals surface area contributed by atoms with Crippen molar-refractivity contribution in [2.24, 2.45) is 0 Å². The van der Waals surface area contributed by atoms with Crippen molar-refractivity contribution in [1.82, 2.24) is 0 Å². The molecule has 0 aliphatic heterocycles. The number of esters is 1. The first-order chi connectivity index (χ1) is 8.12. The van der Waals surface area contributed by atoms with Gasteiger partial charge < -0.3 is 4.74 Å². The highest BCUT2D eigenvalue weighted by Gasteiger charge is 2.12. The van der Waals surface area contributed by atoms with Crippen LogP contribution in [0, 0.1) is 0 Å². The maximum Gasteiger partial charge on any atom is 0.337 e. The summed E-state index contributed by atoms with van der Waals surface area (Å²) in [6.45, 7) is 0. The number of Topliss-reactive ketones (excluding diaryl/α,β-unsaturated/α-hetero) is 1. The molecule has 0 bridgehead atoms. The van der Waals surface area contributed by atoms with E-state index < -0.39 is 5.97 Å². The van der Waals surface area contributed by atoms with Crippen LogP contribution in [-0.4, -0.2) is 24.2 Å². The van der Waals surface area contributed by atoms with Crippen molar-refractivity contribution >= 4 is 43.6 Å². The Bertz CT molecular complexity index is 430. The number of methoxy groups -OCH3 is 1. The molecule has 0 radical (unpaired) electrons. The topological polar surface area (TPSA) is 43.4 Å². The Kier molecular flexibility index (Phi) is 5.85. The van der Waals surface area contributed by atoms with E-state index in [1.54, 1.807) is 18.2 Å². The van der Waals surface area contributed by atoms with Crippen molar-refractivity contribution in [3.8, 4) is 0 Å². The summed E-state index contributed by atoms with van der Waals surface area (Å²) < 4.78 is 4.66. The highest BCUT2D eigenvalue weighted by atomic mass is 79.9. The molecule has 0 spiro atoms. The summed E-state index contributed by atoms with van der Waals surface area (Å²) in [4.78, 5) is 23.2. The molecule has 92 valence electrons. The van der Waals surface area contributed by atoms with Crippen molar-refractivity contribution in [1.29, 1.82) is 0 Å². The van der Waals surface area contributed by atoms with E-state index in [1.165, 1.54) is 7.11 Å². The number of alkyl halides is 2. The lowest BCUT2D eigenvalue weighted by molar-refractivity contribution is 0.0600. The molecule has 1 aromatic carbocycles. The Morgan fingerprint density at radius 3 is 2.35 bits per heavy atom. The molecule has 0 amide bonds. The fourth-order valence-corrected chi connectivity index (χ4v) is 2.08. The SMILES string of the molecule is COC(=O)c1cc(CBr)cc(C(=O)CCBr)c1. The van der Waals surface area contributed by atoms with E-state index >= 15 is 0 Å². The number of ketones is 1. The van der Waals surface area contributed by atoms with E-state index in [9.17, 15) is 9.59 Å². The van der Waals surface area contributed by atoms with Crippen LogP contribution in [0.15, 0.2) is 18.2 Å². The molecule has 1 aromatic rings. The lowest BCUT2D eigenvalue weighted by Crippen LogP contribution is -2.06. The lowest BCUT2D eigenvalue weighted by atomic mass is 10.0. The van der Waals surface area contributed by atoms with Gasteiger partial charge in [0.2, 0.25) is 0 Å². The van der Waals surface area contributed by atoms with Crippen LogP contribution in [0.4, 0.5) is 0 Å². The third-order valence-electron chi connectivity index (χ3n) is 2.21. The van der Waals surface area contributed by atoms with Gasteiger partial charge in [-0.15, -0.1) is 0 Å². The molecule has 1 rings (SSSR count). The number of benzene rings is 1. The average Bonchev–Trinajstić information content (AvgIpc) is 2.37. The number of halogens is 2. The van der Waals surface area contributed by atoms with E-state index in [4.69, 9.17) is 0 Å². The van der Waals surface area contributed by atoms with Crippen LogP contribution in [-0.2, 0) is 10.1 Å². The standard InChI is InChI=1S/C12H12Br2O3/c1-17-12(16)10-5-8(7-14)4-9(6-10)11(15)2-3-13/h4-6H,2-3,7H2,1H3. The van der Waals surface area contributed by atoms with Gasteiger partial charge in [0, 0.05) is 22.6 Å². The number of rotatable bonds is 5. The Balaban J connectivity index is 3.13. The summed E-state index contributed by atoms with van der Waals surface area (Å²) in [6, 6.07) is 5.07. The summed E-state index contributed by atoms with van der Waals surface area (Å²) in [5.41, 5.74) is 1.83. The molecule has 0 unspecified atom stereocenters. The number of carbonyl (C=O) groups is 2. The molecule has 0 heterocycles. The fourth-order valence-electron chi connectivity index (χ4n) is 1.40. The van der Waals surface area contributed by atoms with Gasteiger partial charge in [-0.3, -0.25) is 4.79 Å². The fraction of sp³-hybridized carbons (Fsp3) is 0.333. The maximum absolute atomic E-state index is 11.8. The third kappa shape index (κ3) is 3.92. The predicted molar refractivity (Wildman–Crippen MR) is 73.2 cm³/mol. The normalized spacial score (nSPS) is 10.1. The van der Waals surface area contributed by atoms with Gasteiger partial charge in [0.25, 0.3) is 0 Å². The van der Waals surface area contributed by atoms with E-state index in [2.05, 4.69) is 36.6 Å². The van der Waals surface area contributed by atoms with Crippen LogP contribution < -0.4 is 0 Å². The molecule has 0 saturated heterocycles. The van der Waals surface area contributed by atoms with Crippen LogP contribution in [0.1, 0.15) is 32.7 Å². The van der Waals surface area contributed by atoms with Crippen molar-refractivity contribution < 1.29 is 14.3 Å². The minimum atomic E-state index is -0.430. The van der Waals surface area contributed by atoms with Crippen molar-refractivity contribution in [3.05, 3.63) is 34.9 Å². The third-order valence-corrected chi connectivity index (χ3v) is 3.26. The summed E-state index contributed by atoms with van der Waals surface area (Å²) in [7, 11) is 1.32. The molecule has 3 nitrogen and oxygen atoms in total. The van der Waals surface area contributed by atoms with Gasteiger partial charge in [-0.05, 0) is 23.8 Å². The Hall–Kier alpha value is -0.680. The van der Waals surface area contributed by atoms with Gasteiger partial charge in [0.1, 0.15) is 0 Å². The summed E-state index contributed by atoms with van der Waals surface area (Å²) in [5, 5.41) is 1.20. The van der Waals surface area contributed by atoms with E-state index in [-0.39, 0.29) is 5.78 Å². The second-order valence-corrected chi connectivity index (χ2v) is 4.76. The molecule has 0 saturated carbocycles. The first kappa shape index (κ1) is 14.4. The van der Waals surface area contributed by atoms with Gasteiger partial charge in [0.15, 0.2) is 5.78 Å². The Morgan fingerprint density at radius 2 is 1.82 bits per heavy atom. The van der Waals surface area contributed by atoms with E-state index in [0.29, 0.717) is 28.2 Å². The molecule has 0 N–H and O–H groups in total. The van der Waals surface area contributed by atoms with Gasteiger partial charge >= 0.3 is 5.97 Å². The zero-order chi connectivity index (χ0) is 12.8. The lowest BCUT2D eigenvalue weighted by Gasteiger charge is -2.06. The molecule has 0 aliphatic rings. The molecule has 17 heavy (non-hydrogen) atoms.